The van der Waals surface area contributed by atoms with Crippen LogP contribution in [-0.2, 0) is 4.79 Å². The van der Waals surface area contributed by atoms with Crippen molar-refractivity contribution in [3.8, 4) is 34.2 Å². The van der Waals surface area contributed by atoms with Gasteiger partial charge in [0.1, 0.15) is 17.1 Å². The van der Waals surface area contributed by atoms with E-state index in [-0.39, 0.29) is 27.9 Å². The third-order valence-corrected chi connectivity index (χ3v) is 5.49. The zero-order valence-electron chi connectivity index (χ0n) is 15.7. The Morgan fingerprint density at radius 1 is 1.00 bits per heavy atom. The number of para-hydroxylation sites is 2. The van der Waals surface area contributed by atoms with E-state index in [0.717, 1.165) is 11.8 Å². The molecule has 0 bridgehead atoms. The van der Waals surface area contributed by atoms with Crippen LogP contribution in [0.3, 0.4) is 0 Å². The van der Waals surface area contributed by atoms with Crippen molar-refractivity contribution in [3.05, 3.63) is 81.5 Å². The number of aromatic hydroxyl groups is 1. The molecule has 9 heteroatoms. The summed E-state index contributed by atoms with van der Waals surface area (Å²) >= 11 is 0.747. The lowest BCUT2D eigenvalue weighted by Crippen LogP contribution is -2.17. The molecule has 3 heterocycles. The maximum atomic E-state index is 13.0. The molecule has 8 nitrogen and oxygen atoms in total. The van der Waals surface area contributed by atoms with Crippen molar-refractivity contribution < 1.29 is 19.1 Å². The lowest BCUT2D eigenvalue weighted by molar-refractivity contribution is -0.115. The number of imide groups is 1. The number of carbonyl (C=O) groups excluding carboxylic acids is 2. The number of fused-ring (bicyclic) bond motifs is 1. The highest BCUT2D eigenvalue weighted by atomic mass is 32.2. The second-order valence-corrected chi connectivity index (χ2v) is 7.69. The zero-order chi connectivity index (χ0) is 21.5. The van der Waals surface area contributed by atoms with E-state index in [0.29, 0.717) is 16.8 Å². The molecule has 5 rings (SSSR count). The highest BCUT2D eigenvalue weighted by molar-refractivity contribution is 8.18. The summed E-state index contributed by atoms with van der Waals surface area (Å²) in [6, 6.07) is 16.9. The molecule has 2 aromatic carbocycles. The molecule has 31 heavy (non-hydrogen) atoms. The Balaban J connectivity index is 1.77. The molecule has 0 spiro atoms. The van der Waals surface area contributed by atoms with Crippen LogP contribution in [0.25, 0.3) is 34.5 Å². The smallest absolute Gasteiger partial charge is 0.290 e. The molecule has 0 aliphatic carbocycles. The number of phenolic OH excluding ortho intramolecular Hbond substituents is 1. The van der Waals surface area contributed by atoms with Crippen LogP contribution in [-0.4, -0.2) is 26.0 Å². The fourth-order valence-electron chi connectivity index (χ4n) is 3.26. The molecule has 2 amide bonds. The fourth-order valence-corrected chi connectivity index (χ4v) is 3.93. The third kappa shape index (κ3) is 3.30. The topological polar surface area (TPSA) is 114 Å². The quantitative estimate of drug-likeness (QED) is 0.476. The van der Waals surface area contributed by atoms with E-state index >= 15 is 0 Å². The Bertz CT molecular complexity index is 1400. The average molecular weight is 431 g/mol. The van der Waals surface area contributed by atoms with Crippen LogP contribution in [0.2, 0.25) is 0 Å². The molecule has 2 N–H and O–H groups in total. The summed E-state index contributed by atoms with van der Waals surface area (Å²) in [6.07, 6.45) is 1.45. The van der Waals surface area contributed by atoms with E-state index < -0.39 is 16.7 Å². The minimum atomic E-state index is -0.541. The van der Waals surface area contributed by atoms with Crippen molar-refractivity contribution in [1.82, 2.24) is 15.1 Å². The van der Waals surface area contributed by atoms with E-state index in [1.54, 1.807) is 48.5 Å². The minimum absolute atomic E-state index is 0.0466. The third-order valence-electron chi connectivity index (χ3n) is 4.68. The molecule has 2 aromatic rings. The van der Waals surface area contributed by atoms with Crippen LogP contribution in [0.5, 0.6) is 5.75 Å². The summed E-state index contributed by atoms with van der Waals surface area (Å²) in [7, 11) is 0. The van der Waals surface area contributed by atoms with Gasteiger partial charge in [-0.05, 0) is 48.2 Å². The van der Waals surface area contributed by atoms with Crippen molar-refractivity contribution >= 4 is 29.0 Å². The molecule has 3 aliphatic rings. The molecule has 1 saturated heterocycles. The summed E-state index contributed by atoms with van der Waals surface area (Å²) in [5.41, 5.74) is 1.08. The van der Waals surface area contributed by atoms with Gasteiger partial charge < -0.3 is 9.52 Å². The number of hydrogen-bond donors (Lipinski definition) is 2. The average Bonchev–Trinajstić information content (AvgIpc) is 3.26. The number of nitrogens with one attached hydrogen (secondary N) is 1. The molecule has 0 atom stereocenters. The van der Waals surface area contributed by atoms with Gasteiger partial charge in [-0.3, -0.25) is 19.7 Å². The molecule has 0 radical (unpaired) electrons. The van der Waals surface area contributed by atoms with Gasteiger partial charge >= 0.3 is 0 Å². The summed E-state index contributed by atoms with van der Waals surface area (Å²) in [6.45, 7) is 0. The van der Waals surface area contributed by atoms with E-state index in [1.807, 2.05) is 6.07 Å². The minimum Gasteiger partial charge on any atom is -0.507 e. The molecule has 0 unspecified atom stereocenters. The number of phenols is 1. The SMILES string of the molecule is O=C1NC(=O)/C(=C/c2cc3c(=O)n(-c4ccccc4)nc-3oc2-c2ccccc2O)S1. The predicted molar refractivity (Wildman–Crippen MR) is 115 cm³/mol. The zero-order valence-corrected chi connectivity index (χ0v) is 16.6. The summed E-state index contributed by atoms with van der Waals surface area (Å²) in [5.74, 6) is -0.298. The monoisotopic (exact) mass is 431 g/mol. The van der Waals surface area contributed by atoms with Crippen molar-refractivity contribution in [1.29, 1.82) is 0 Å². The summed E-state index contributed by atoms with van der Waals surface area (Å²) < 4.78 is 7.18. The normalized spacial score (nSPS) is 15.0. The van der Waals surface area contributed by atoms with Crippen molar-refractivity contribution in [2.24, 2.45) is 0 Å². The number of amides is 2. The molecule has 3 aliphatic heterocycles. The van der Waals surface area contributed by atoms with Crippen molar-refractivity contribution in [3.63, 3.8) is 0 Å². The van der Waals surface area contributed by atoms with Crippen LogP contribution in [0.4, 0.5) is 4.79 Å². The van der Waals surface area contributed by atoms with Crippen molar-refractivity contribution in [2.75, 3.05) is 0 Å². The van der Waals surface area contributed by atoms with Gasteiger partial charge in [0.25, 0.3) is 16.7 Å². The lowest BCUT2D eigenvalue weighted by Gasteiger charge is -2.09. The molecule has 0 aromatic heterocycles. The van der Waals surface area contributed by atoms with Gasteiger partial charge in [0.2, 0.25) is 5.89 Å². The summed E-state index contributed by atoms with van der Waals surface area (Å²) in [4.78, 5) is 36.7. The largest absolute Gasteiger partial charge is 0.507 e. The molecular weight excluding hydrogens is 418 g/mol. The maximum Gasteiger partial charge on any atom is 0.290 e. The Labute approximate surface area is 179 Å². The van der Waals surface area contributed by atoms with Crippen LogP contribution < -0.4 is 10.9 Å². The Kier molecular flexibility index (Phi) is 4.45. The van der Waals surface area contributed by atoms with E-state index in [9.17, 15) is 19.5 Å². The Morgan fingerprint density at radius 2 is 1.74 bits per heavy atom. The molecular formula is C22H13N3O5S. The first-order chi connectivity index (χ1) is 15.0. The molecule has 0 saturated carbocycles. The fraction of sp³-hybridized carbons (Fsp3) is 0. The second kappa shape index (κ2) is 7.29. The number of aromatic nitrogens is 2. The van der Waals surface area contributed by atoms with Crippen LogP contribution in [0.1, 0.15) is 5.56 Å². The van der Waals surface area contributed by atoms with Crippen LogP contribution in [0, 0.1) is 0 Å². The molecule has 1 fully saturated rings. The number of nitrogens with zero attached hydrogens (tertiary/aromatic N) is 2. The predicted octanol–water partition coefficient (Wildman–Crippen LogP) is 3.63. The van der Waals surface area contributed by atoms with Gasteiger partial charge in [-0.1, -0.05) is 30.3 Å². The Hall–Kier alpha value is -4.11. The van der Waals surface area contributed by atoms with E-state index in [1.165, 1.54) is 16.8 Å². The summed E-state index contributed by atoms with van der Waals surface area (Å²) in [5, 5.41) is 16.3. The second-order valence-electron chi connectivity index (χ2n) is 6.67. The lowest BCUT2D eigenvalue weighted by atomic mass is 10.0. The van der Waals surface area contributed by atoms with E-state index in [2.05, 4.69) is 10.4 Å². The highest BCUT2D eigenvalue weighted by Crippen LogP contribution is 2.37. The maximum absolute atomic E-state index is 13.0. The first-order valence-corrected chi connectivity index (χ1v) is 9.98. The van der Waals surface area contributed by atoms with Crippen LogP contribution in [0.15, 0.2) is 74.8 Å². The van der Waals surface area contributed by atoms with Gasteiger partial charge in [0.15, 0.2) is 0 Å². The number of hydrogen-bond acceptors (Lipinski definition) is 7. The van der Waals surface area contributed by atoms with Gasteiger partial charge in [-0.2, -0.15) is 4.68 Å². The van der Waals surface area contributed by atoms with Gasteiger partial charge in [-0.15, -0.1) is 5.10 Å². The van der Waals surface area contributed by atoms with E-state index in [4.69, 9.17) is 4.42 Å². The first-order valence-electron chi connectivity index (χ1n) is 9.17. The first kappa shape index (κ1) is 18.9. The number of carbonyl (C=O) groups is 2. The number of benzene rings is 2. The standard InChI is InChI=1S/C22H13N3O5S/c26-16-9-5-4-8-14(16)18-12(11-17-19(27)23-22(29)31-17)10-15-20(30-18)24-25(21(15)28)13-6-2-1-3-7-13/h1-11,26H,(H,23,27,29)/b17-11-. The Morgan fingerprint density at radius 3 is 2.45 bits per heavy atom. The van der Waals surface area contributed by atoms with Crippen molar-refractivity contribution in [2.45, 2.75) is 0 Å². The van der Waals surface area contributed by atoms with Gasteiger partial charge in [0.05, 0.1) is 16.2 Å². The number of rotatable bonds is 3. The van der Waals surface area contributed by atoms with Gasteiger partial charge in [-0.25, -0.2) is 0 Å². The van der Waals surface area contributed by atoms with Gasteiger partial charge in [0, 0.05) is 5.56 Å². The molecule has 152 valence electrons. The highest BCUT2D eigenvalue weighted by Gasteiger charge is 2.28. The van der Waals surface area contributed by atoms with Crippen LogP contribution >= 0.6 is 11.8 Å². The number of thioether (sulfide) groups is 1.